The number of nitrogens with zero attached hydrogens (tertiary/aromatic N) is 2. The van der Waals surface area contributed by atoms with Crippen LogP contribution in [-0.2, 0) is 0 Å². The van der Waals surface area contributed by atoms with Gasteiger partial charge in [-0.3, -0.25) is 4.90 Å². The van der Waals surface area contributed by atoms with Crippen LogP contribution >= 0.6 is 12.6 Å². The van der Waals surface area contributed by atoms with Gasteiger partial charge < -0.3 is 4.90 Å². The van der Waals surface area contributed by atoms with Crippen molar-refractivity contribution in [1.29, 1.82) is 0 Å². The zero-order valence-corrected chi connectivity index (χ0v) is 14.1. The van der Waals surface area contributed by atoms with Crippen LogP contribution in [0.3, 0.4) is 0 Å². The third-order valence-electron chi connectivity index (χ3n) is 6.29. The van der Waals surface area contributed by atoms with E-state index >= 15 is 0 Å². The molecule has 2 aliphatic heterocycles. The Balaban J connectivity index is 1.63. The quantitative estimate of drug-likeness (QED) is 0.630. The number of hydrogen-bond donors (Lipinski definition) is 1. The number of rotatable bonds is 3. The first-order valence-corrected chi connectivity index (χ1v) is 9.41. The minimum atomic E-state index is 0.516. The van der Waals surface area contributed by atoms with Crippen LogP contribution in [0.15, 0.2) is 0 Å². The smallest absolute Gasteiger partial charge is 0.0223 e. The van der Waals surface area contributed by atoms with Crippen LogP contribution in [0.5, 0.6) is 0 Å². The lowest BCUT2D eigenvalue weighted by Gasteiger charge is -2.38. The summed E-state index contributed by atoms with van der Waals surface area (Å²) in [5.41, 5.74) is 0.516. The molecule has 2 heterocycles. The molecule has 0 aromatic carbocycles. The first kappa shape index (κ1) is 15.2. The molecule has 2 atom stereocenters. The van der Waals surface area contributed by atoms with Crippen molar-refractivity contribution in [3.05, 3.63) is 0 Å². The molecule has 2 unspecified atom stereocenters. The summed E-state index contributed by atoms with van der Waals surface area (Å²) in [7, 11) is 2.35. The average Bonchev–Trinajstić information content (AvgIpc) is 2.62. The van der Waals surface area contributed by atoms with Crippen LogP contribution in [0.1, 0.15) is 57.8 Å². The fraction of sp³-hybridized carbons (Fsp3) is 1.00. The lowest BCUT2D eigenvalue weighted by Crippen LogP contribution is -2.43. The molecule has 0 aromatic heterocycles. The van der Waals surface area contributed by atoms with Gasteiger partial charge in [-0.25, -0.2) is 0 Å². The molecule has 2 nitrogen and oxygen atoms in total. The molecule has 1 aliphatic carbocycles. The van der Waals surface area contributed by atoms with Crippen molar-refractivity contribution in [1.82, 2.24) is 9.80 Å². The van der Waals surface area contributed by atoms with E-state index in [4.69, 9.17) is 12.6 Å². The van der Waals surface area contributed by atoms with E-state index in [1.807, 2.05) is 0 Å². The van der Waals surface area contributed by atoms with Gasteiger partial charge in [-0.15, -0.1) is 0 Å². The van der Waals surface area contributed by atoms with Crippen molar-refractivity contribution in [2.75, 3.05) is 32.4 Å². The number of thiol groups is 1. The molecule has 0 radical (unpaired) electrons. The van der Waals surface area contributed by atoms with Crippen molar-refractivity contribution in [3.8, 4) is 0 Å². The van der Waals surface area contributed by atoms with Crippen LogP contribution < -0.4 is 0 Å². The summed E-state index contributed by atoms with van der Waals surface area (Å²) in [4.78, 5) is 5.46. The molecular weight excluding hydrogens is 264 g/mol. The molecule has 0 aromatic rings. The summed E-state index contributed by atoms with van der Waals surface area (Å²) in [5, 5.41) is 0. The lowest BCUT2D eigenvalue weighted by atomic mass is 9.81. The Kier molecular flexibility index (Phi) is 4.99. The molecule has 2 bridgehead atoms. The van der Waals surface area contributed by atoms with Crippen molar-refractivity contribution in [2.24, 2.45) is 5.41 Å². The second kappa shape index (κ2) is 6.58. The van der Waals surface area contributed by atoms with Crippen LogP contribution in [-0.4, -0.2) is 54.3 Å². The Hall–Kier alpha value is 0.270. The van der Waals surface area contributed by atoms with E-state index in [1.165, 1.54) is 77.4 Å². The maximum atomic E-state index is 4.76. The molecule has 20 heavy (non-hydrogen) atoms. The van der Waals surface area contributed by atoms with Gasteiger partial charge >= 0.3 is 0 Å². The Morgan fingerprint density at radius 3 is 2.40 bits per heavy atom. The van der Waals surface area contributed by atoms with E-state index in [1.54, 1.807) is 0 Å². The first-order valence-electron chi connectivity index (χ1n) is 8.78. The highest BCUT2D eigenvalue weighted by atomic mass is 32.1. The minimum absolute atomic E-state index is 0.516. The Bertz CT molecular complexity index is 312. The highest BCUT2D eigenvalue weighted by Gasteiger charge is 2.38. The monoisotopic (exact) mass is 296 g/mol. The highest BCUT2D eigenvalue weighted by molar-refractivity contribution is 7.80. The molecule has 116 valence electrons. The van der Waals surface area contributed by atoms with Gasteiger partial charge in [0.1, 0.15) is 0 Å². The van der Waals surface area contributed by atoms with Gasteiger partial charge in [-0.05, 0) is 56.9 Å². The summed E-state index contributed by atoms with van der Waals surface area (Å²) < 4.78 is 0. The maximum absolute atomic E-state index is 4.76. The normalized spacial score (nSPS) is 35.7. The lowest BCUT2D eigenvalue weighted by molar-refractivity contribution is 0.138. The van der Waals surface area contributed by atoms with Crippen molar-refractivity contribution >= 4 is 12.6 Å². The van der Waals surface area contributed by atoms with Crippen LogP contribution in [0, 0.1) is 5.41 Å². The molecule has 0 N–H and O–H groups in total. The van der Waals surface area contributed by atoms with E-state index in [0.717, 1.165) is 17.8 Å². The molecule has 2 saturated heterocycles. The van der Waals surface area contributed by atoms with Crippen molar-refractivity contribution in [3.63, 3.8) is 0 Å². The second-order valence-corrected chi connectivity index (χ2v) is 7.96. The molecule has 3 heteroatoms. The third-order valence-corrected chi connectivity index (χ3v) is 6.96. The van der Waals surface area contributed by atoms with E-state index in [0.29, 0.717) is 5.41 Å². The van der Waals surface area contributed by atoms with E-state index < -0.39 is 0 Å². The molecular formula is C17H32N2S. The van der Waals surface area contributed by atoms with Crippen LogP contribution in [0.4, 0.5) is 0 Å². The first-order chi connectivity index (χ1) is 9.72. The highest BCUT2D eigenvalue weighted by Crippen LogP contribution is 2.38. The molecule has 1 saturated carbocycles. The van der Waals surface area contributed by atoms with Crippen molar-refractivity contribution in [2.45, 2.75) is 69.9 Å². The van der Waals surface area contributed by atoms with E-state index in [2.05, 4.69) is 16.8 Å². The van der Waals surface area contributed by atoms with Gasteiger partial charge in [-0.2, -0.15) is 12.6 Å². The molecule has 0 amide bonds. The molecule has 0 spiro atoms. The minimum Gasteiger partial charge on any atom is -0.301 e. The predicted molar refractivity (Wildman–Crippen MR) is 89.6 cm³/mol. The van der Waals surface area contributed by atoms with Gasteiger partial charge in [0.15, 0.2) is 0 Å². The molecule has 3 fully saturated rings. The zero-order chi connectivity index (χ0) is 14.0. The molecule has 3 rings (SSSR count). The molecule has 3 aliphatic rings. The summed E-state index contributed by atoms with van der Waals surface area (Å²) in [5.74, 6) is 1.09. The van der Waals surface area contributed by atoms with E-state index in [9.17, 15) is 0 Å². The topological polar surface area (TPSA) is 6.48 Å². The largest absolute Gasteiger partial charge is 0.301 e. The van der Waals surface area contributed by atoms with Gasteiger partial charge in [-0.1, -0.05) is 25.7 Å². The fourth-order valence-electron chi connectivity index (χ4n) is 4.84. The number of fused-ring (bicyclic) bond motifs is 2. The van der Waals surface area contributed by atoms with E-state index in [-0.39, 0.29) is 0 Å². The summed E-state index contributed by atoms with van der Waals surface area (Å²) in [6, 6.07) is 1.69. The summed E-state index contributed by atoms with van der Waals surface area (Å²) >= 11 is 4.76. The Morgan fingerprint density at radius 1 is 1.00 bits per heavy atom. The number of likely N-dealkylation sites (tertiary alicyclic amines) is 1. The maximum Gasteiger partial charge on any atom is 0.0223 e. The number of likely N-dealkylation sites (N-methyl/N-ethyl adjacent to an activating group) is 1. The third kappa shape index (κ3) is 3.20. The van der Waals surface area contributed by atoms with Gasteiger partial charge in [0.05, 0.1) is 0 Å². The second-order valence-electron chi connectivity index (χ2n) is 7.65. The Labute approximate surface area is 130 Å². The Morgan fingerprint density at radius 2 is 1.70 bits per heavy atom. The SMILES string of the molecule is CN1C2CCC1CN(CC1(CS)CCCCCC1)CC2. The van der Waals surface area contributed by atoms with Crippen LogP contribution in [0.2, 0.25) is 0 Å². The van der Waals surface area contributed by atoms with Gasteiger partial charge in [0.25, 0.3) is 0 Å². The summed E-state index contributed by atoms with van der Waals surface area (Å²) in [6.45, 7) is 3.94. The standard InChI is InChI=1S/C17H32N2S/c1-18-15-6-7-16(18)12-19(11-8-15)13-17(14-20)9-4-2-3-5-10-17/h15-16,20H,2-14H2,1H3. The zero-order valence-electron chi connectivity index (χ0n) is 13.2. The van der Waals surface area contributed by atoms with Gasteiger partial charge in [0, 0.05) is 25.2 Å². The predicted octanol–water partition coefficient (Wildman–Crippen LogP) is 3.43. The summed E-state index contributed by atoms with van der Waals surface area (Å²) in [6.07, 6.45) is 12.8. The van der Waals surface area contributed by atoms with Crippen molar-refractivity contribution < 1.29 is 0 Å². The fourth-order valence-corrected chi connectivity index (χ4v) is 5.26. The van der Waals surface area contributed by atoms with Gasteiger partial charge in [0.2, 0.25) is 0 Å². The average molecular weight is 297 g/mol. The number of hydrogen-bond acceptors (Lipinski definition) is 3. The van der Waals surface area contributed by atoms with Crippen LogP contribution in [0.25, 0.3) is 0 Å².